The molecule has 1 aliphatic heterocycles. The summed E-state index contributed by atoms with van der Waals surface area (Å²) in [7, 11) is 3.61. The largest absolute Gasteiger partial charge is 0.433 e. The molecule has 0 fully saturated rings. The Morgan fingerprint density at radius 2 is 2.09 bits per heavy atom. The van der Waals surface area contributed by atoms with Gasteiger partial charge < -0.3 is 15.0 Å². The molecule has 2 heterocycles. The predicted molar refractivity (Wildman–Crippen MR) is 123 cm³/mol. The standard InChI is InChI=1S/C25H26F2N4O2/c1-4-19-23-29-18-13-12-16(9-6-5-7-14-28-2)15-20(18)31(23)22-17(24(32)30(19)3)10-8-11-21(22)33-25(26)27/h8,10-13,15,19,25,28H,4-5,7,14H2,1-3H3. The first-order chi connectivity index (χ1) is 16.0. The average Bonchev–Trinajstić information content (AvgIpc) is 3.12. The summed E-state index contributed by atoms with van der Waals surface area (Å²) in [6.45, 7) is -0.160. The van der Waals surface area contributed by atoms with E-state index in [9.17, 15) is 13.6 Å². The van der Waals surface area contributed by atoms with Gasteiger partial charge in [0, 0.05) is 19.0 Å². The van der Waals surface area contributed by atoms with Gasteiger partial charge in [-0.3, -0.25) is 9.36 Å². The summed E-state index contributed by atoms with van der Waals surface area (Å²) in [5.74, 6) is 6.62. The zero-order valence-electron chi connectivity index (χ0n) is 18.9. The van der Waals surface area contributed by atoms with Gasteiger partial charge >= 0.3 is 6.61 Å². The van der Waals surface area contributed by atoms with Crippen LogP contribution in [-0.2, 0) is 0 Å². The van der Waals surface area contributed by atoms with Gasteiger partial charge in [0.25, 0.3) is 5.91 Å². The first-order valence-electron chi connectivity index (χ1n) is 11.0. The van der Waals surface area contributed by atoms with Gasteiger partial charge in [0.05, 0.1) is 22.6 Å². The summed E-state index contributed by atoms with van der Waals surface area (Å²) in [5, 5.41) is 3.10. The number of rotatable bonds is 6. The SMILES string of the molecule is CCC1c2nc3ccc(C#CCCCNC)cc3n2-c2c(OC(F)F)cccc2C(=O)N1C. The first-order valence-corrected chi connectivity index (χ1v) is 11.0. The number of hydrogen-bond donors (Lipinski definition) is 1. The lowest BCUT2D eigenvalue weighted by atomic mass is 10.1. The van der Waals surface area contributed by atoms with Crippen molar-refractivity contribution in [2.75, 3.05) is 20.6 Å². The molecule has 8 heteroatoms. The molecule has 1 atom stereocenters. The van der Waals surface area contributed by atoms with Crippen molar-refractivity contribution in [2.24, 2.45) is 0 Å². The number of para-hydroxylation sites is 1. The lowest BCUT2D eigenvalue weighted by Gasteiger charge is -2.24. The number of amides is 1. The molecule has 6 nitrogen and oxygen atoms in total. The van der Waals surface area contributed by atoms with E-state index < -0.39 is 6.61 Å². The van der Waals surface area contributed by atoms with Gasteiger partial charge in [0.2, 0.25) is 0 Å². The van der Waals surface area contributed by atoms with Gasteiger partial charge in [-0.1, -0.05) is 24.8 Å². The molecule has 1 amide bonds. The van der Waals surface area contributed by atoms with Gasteiger partial charge in [-0.2, -0.15) is 8.78 Å². The number of carbonyl (C=O) groups excluding carboxylic acids is 1. The molecule has 33 heavy (non-hydrogen) atoms. The summed E-state index contributed by atoms with van der Waals surface area (Å²) >= 11 is 0. The van der Waals surface area contributed by atoms with Crippen LogP contribution in [-0.4, -0.2) is 47.6 Å². The molecule has 1 unspecified atom stereocenters. The zero-order valence-corrected chi connectivity index (χ0v) is 18.9. The molecule has 4 rings (SSSR count). The third-order valence-electron chi connectivity index (χ3n) is 5.78. The molecule has 0 radical (unpaired) electrons. The van der Waals surface area contributed by atoms with Crippen LogP contribution in [0.1, 0.15) is 54.0 Å². The van der Waals surface area contributed by atoms with E-state index in [-0.39, 0.29) is 28.9 Å². The van der Waals surface area contributed by atoms with Crippen LogP contribution in [0, 0.1) is 11.8 Å². The second kappa shape index (κ2) is 9.59. The molecule has 3 aromatic rings. The highest BCUT2D eigenvalue weighted by Crippen LogP contribution is 2.40. The average molecular weight is 453 g/mol. The number of fused-ring (bicyclic) bond motifs is 5. The number of imidazole rings is 1. The minimum atomic E-state index is -3.02. The van der Waals surface area contributed by atoms with Crippen molar-refractivity contribution in [1.29, 1.82) is 0 Å². The number of carbonyl (C=O) groups is 1. The molecule has 172 valence electrons. The first kappa shape index (κ1) is 22.7. The monoisotopic (exact) mass is 452 g/mol. The summed E-state index contributed by atoms with van der Waals surface area (Å²) < 4.78 is 33.1. The number of benzene rings is 2. The van der Waals surface area contributed by atoms with Crippen LogP contribution in [0.4, 0.5) is 8.78 Å². The molecule has 1 N–H and O–H groups in total. The third kappa shape index (κ3) is 4.29. The minimum Gasteiger partial charge on any atom is -0.433 e. The second-order valence-corrected chi connectivity index (χ2v) is 7.89. The second-order valence-electron chi connectivity index (χ2n) is 7.89. The van der Waals surface area contributed by atoms with E-state index in [0.29, 0.717) is 23.3 Å². The molecule has 0 saturated heterocycles. The van der Waals surface area contributed by atoms with E-state index in [1.807, 2.05) is 32.2 Å². The number of nitrogens with one attached hydrogen (secondary N) is 1. The van der Waals surface area contributed by atoms with Gasteiger partial charge in [0.15, 0.2) is 5.75 Å². The lowest BCUT2D eigenvalue weighted by molar-refractivity contribution is -0.0498. The molecule has 0 aliphatic carbocycles. The Hall–Kier alpha value is -3.44. The van der Waals surface area contributed by atoms with Crippen molar-refractivity contribution in [3.05, 3.63) is 53.3 Å². The summed E-state index contributed by atoms with van der Waals surface area (Å²) in [6.07, 6.45) is 2.32. The molecule has 1 aliphatic rings. The quantitative estimate of drug-likeness (QED) is 0.442. The smallest absolute Gasteiger partial charge is 0.387 e. The van der Waals surface area contributed by atoms with Crippen molar-refractivity contribution < 1.29 is 18.3 Å². The molecule has 0 bridgehead atoms. The fourth-order valence-electron chi connectivity index (χ4n) is 4.23. The topological polar surface area (TPSA) is 59.4 Å². The number of nitrogens with zero attached hydrogens (tertiary/aromatic N) is 3. The van der Waals surface area contributed by atoms with E-state index in [4.69, 9.17) is 9.72 Å². The van der Waals surface area contributed by atoms with Crippen LogP contribution in [0.3, 0.4) is 0 Å². The summed E-state index contributed by atoms with van der Waals surface area (Å²) in [5.41, 5.74) is 2.75. The predicted octanol–water partition coefficient (Wildman–Crippen LogP) is 4.51. The fraction of sp³-hybridized carbons (Fsp3) is 0.360. The molecule has 2 aromatic carbocycles. The Morgan fingerprint density at radius 1 is 1.27 bits per heavy atom. The number of alkyl halides is 2. The van der Waals surface area contributed by atoms with Crippen molar-refractivity contribution >= 4 is 16.9 Å². The van der Waals surface area contributed by atoms with Crippen LogP contribution in [0.25, 0.3) is 16.7 Å². The zero-order chi connectivity index (χ0) is 23.5. The summed E-state index contributed by atoms with van der Waals surface area (Å²) in [6, 6.07) is 9.97. The van der Waals surface area contributed by atoms with Crippen molar-refractivity contribution in [3.8, 4) is 23.3 Å². The highest BCUT2D eigenvalue weighted by Gasteiger charge is 2.35. The van der Waals surface area contributed by atoms with Crippen molar-refractivity contribution in [3.63, 3.8) is 0 Å². The van der Waals surface area contributed by atoms with Gasteiger partial charge in [0.1, 0.15) is 11.5 Å². The van der Waals surface area contributed by atoms with Crippen LogP contribution in [0.5, 0.6) is 5.75 Å². The Kier molecular flexibility index (Phi) is 6.61. The van der Waals surface area contributed by atoms with Crippen LogP contribution in [0.2, 0.25) is 0 Å². The van der Waals surface area contributed by atoms with E-state index >= 15 is 0 Å². The normalized spacial score (nSPS) is 15.2. The highest BCUT2D eigenvalue weighted by atomic mass is 19.3. The maximum atomic E-state index is 13.3. The maximum absolute atomic E-state index is 13.3. The van der Waals surface area contributed by atoms with Crippen molar-refractivity contribution in [2.45, 2.75) is 38.8 Å². The van der Waals surface area contributed by atoms with Crippen LogP contribution < -0.4 is 10.1 Å². The molecular formula is C25H26F2N4O2. The van der Waals surface area contributed by atoms with Gasteiger partial charge in [-0.15, -0.1) is 0 Å². The van der Waals surface area contributed by atoms with Crippen molar-refractivity contribution in [1.82, 2.24) is 19.8 Å². The number of halogens is 2. The Balaban J connectivity index is 1.94. The molecule has 0 saturated carbocycles. The van der Waals surface area contributed by atoms with E-state index in [1.54, 1.807) is 28.6 Å². The number of ether oxygens (including phenoxy) is 1. The Bertz CT molecular complexity index is 1240. The third-order valence-corrected chi connectivity index (χ3v) is 5.78. The van der Waals surface area contributed by atoms with Gasteiger partial charge in [-0.05, 0) is 56.8 Å². The minimum absolute atomic E-state index is 0.0647. The number of unbranched alkanes of at least 4 members (excludes halogenated alkanes) is 1. The fourth-order valence-corrected chi connectivity index (χ4v) is 4.23. The number of hydrogen-bond acceptors (Lipinski definition) is 4. The van der Waals surface area contributed by atoms with E-state index in [1.165, 1.54) is 6.07 Å². The Labute approximate surface area is 191 Å². The number of aromatic nitrogens is 2. The van der Waals surface area contributed by atoms with E-state index in [2.05, 4.69) is 17.2 Å². The van der Waals surface area contributed by atoms with E-state index in [0.717, 1.165) is 24.9 Å². The Morgan fingerprint density at radius 3 is 2.82 bits per heavy atom. The van der Waals surface area contributed by atoms with Gasteiger partial charge in [-0.25, -0.2) is 4.98 Å². The maximum Gasteiger partial charge on any atom is 0.387 e. The molecular weight excluding hydrogens is 426 g/mol. The highest BCUT2D eigenvalue weighted by molar-refractivity contribution is 6.00. The summed E-state index contributed by atoms with van der Waals surface area (Å²) in [4.78, 5) is 19.7. The van der Waals surface area contributed by atoms with Crippen LogP contribution in [0.15, 0.2) is 36.4 Å². The van der Waals surface area contributed by atoms with Crippen LogP contribution >= 0.6 is 0 Å². The molecule has 0 spiro atoms. The lowest BCUT2D eigenvalue weighted by Crippen LogP contribution is -2.30. The molecule has 1 aromatic heterocycles.